The molecule has 172 valence electrons. The Balaban J connectivity index is 1.47. The molecule has 0 aliphatic carbocycles. The van der Waals surface area contributed by atoms with E-state index >= 15 is 4.39 Å². The molecule has 0 radical (unpaired) electrons. The maximum Gasteiger partial charge on any atom is 0.159 e. The smallest absolute Gasteiger partial charge is 0.159 e. The van der Waals surface area contributed by atoms with E-state index in [1.165, 1.54) is 6.07 Å². The van der Waals surface area contributed by atoms with E-state index in [1.807, 2.05) is 31.2 Å². The fourth-order valence-electron chi connectivity index (χ4n) is 4.21. The summed E-state index contributed by atoms with van der Waals surface area (Å²) in [6, 6.07) is 10.9. The third kappa shape index (κ3) is 3.81. The van der Waals surface area contributed by atoms with Gasteiger partial charge < -0.3 is 10.3 Å². The molecule has 0 bridgehead atoms. The minimum atomic E-state index is -0.344. The van der Waals surface area contributed by atoms with E-state index in [0.717, 1.165) is 39.8 Å². The van der Waals surface area contributed by atoms with Gasteiger partial charge in [0.1, 0.15) is 17.0 Å². The molecule has 5 aromatic heterocycles. The van der Waals surface area contributed by atoms with Crippen molar-refractivity contribution in [3.8, 4) is 33.9 Å². The summed E-state index contributed by atoms with van der Waals surface area (Å²) in [7, 11) is 0. The molecule has 0 aliphatic rings. The van der Waals surface area contributed by atoms with Crippen LogP contribution in [0.2, 0.25) is 0 Å². The summed E-state index contributed by atoms with van der Waals surface area (Å²) in [5.41, 5.74) is 6.59. The van der Waals surface area contributed by atoms with Gasteiger partial charge in [-0.2, -0.15) is 5.10 Å². The number of nitrogens with zero attached hydrogens (tertiary/aromatic N) is 5. The monoisotopic (exact) mass is 464 g/mol. The maximum atomic E-state index is 15.1. The molecular formula is C26H21FN8. The first-order valence-corrected chi connectivity index (χ1v) is 11.3. The summed E-state index contributed by atoms with van der Waals surface area (Å²) in [6.45, 7) is 3.56. The predicted octanol–water partition coefficient (Wildman–Crippen LogP) is 4.87. The van der Waals surface area contributed by atoms with E-state index in [0.29, 0.717) is 34.7 Å². The van der Waals surface area contributed by atoms with Crippen molar-refractivity contribution in [2.45, 2.75) is 13.5 Å². The third-order valence-electron chi connectivity index (χ3n) is 5.91. The van der Waals surface area contributed by atoms with Crippen LogP contribution in [0, 0.1) is 5.82 Å². The molecule has 5 heterocycles. The first-order chi connectivity index (χ1) is 17.2. The molecule has 0 spiro atoms. The van der Waals surface area contributed by atoms with Crippen molar-refractivity contribution in [2.24, 2.45) is 0 Å². The van der Waals surface area contributed by atoms with Gasteiger partial charge in [0, 0.05) is 65.7 Å². The number of rotatable bonds is 6. The van der Waals surface area contributed by atoms with Gasteiger partial charge in [-0.15, -0.1) is 0 Å². The van der Waals surface area contributed by atoms with Crippen molar-refractivity contribution in [2.75, 3.05) is 6.54 Å². The molecule has 0 fully saturated rings. The normalized spacial score (nSPS) is 11.5. The van der Waals surface area contributed by atoms with Crippen LogP contribution in [0.15, 0.2) is 67.4 Å². The zero-order valence-electron chi connectivity index (χ0n) is 18.9. The fraction of sp³-hybridized carbons (Fsp3) is 0.115. The first-order valence-electron chi connectivity index (χ1n) is 11.3. The van der Waals surface area contributed by atoms with Crippen molar-refractivity contribution >= 4 is 21.9 Å². The zero-order chi connectivity index (χ0) is 23.8. The molecular weight excluding hydrogens is 443 g/mol. The summed E-state index contributed by atoms with van der Waals surface area (Å²) < 4.78 is 15.1. The number of pyridine rings is 3. The van der Waals surface area contributed by atoms with Crippen molar-refractivity contribution in [3.63, 3.8) is 0 Å². The Bertz CT molecular complexity index is 1660. The van der Waals surface area contributed by atoms with Crippen molar-refractivity contribution in [1.29, 1.82) is 0 Å². The largest absolute Gasteiger partial charge is 0.336 e. The van der Waals surface area contributed by atoms with Crippen LogP contribution in [0.3, 0.4) is 0 Å². The molecule has 9 heteroatoms. The molecule has 0 saturated carbocycles. The lowest BCUT2D eigenvalue weighted by Gasteiger charge is -2.07. The lowest BCUT2D eigenvalue weighted by molar-refractivity contribution is 0.632. The Hall–Kier alpha value is -4.50. The number of nitrogens with one attached hydrogen (secondary N) is 3. The number of hydrogen-bond acceptors (Lipinski definition) is 6. The second-order valence-electron chi connectivity index (χ2n) is 8.19. The molecule has 3 N–H and O–H groups in total. The lowest BCUT2D eigenvalue weighted by atomic mass is 10.0. The minimum Gasteiger partial charge on any atom is -0.336 e. The summed E-state index contributed by atoms with van der Waals surface area (Å²) in [5.74, 6) is 0.231. The molecule has 0 aliphatic heterocycles. The fourth-order valence-corrected chi connectivity index (χ4v) is 4.21. The quantitative estimate of drug-likeness (QED) is 0.324. The Morgan fingerprint density at radius 3 is 2.66 bits per heavy atom. The minimum absolute atomic E-state index is 0.344. The molecule has 6 rings (SSSR count). The highest BCUT2D eigenvalue weighted by atomic mass is 19.1. The zero-order valence-corrected chi connectivity index (χ0v) is 18.9. The Labute approximate surface area is 199 Å². The van der Waals surface area contributed by atoms with Crippen LogP contribution >= 0.6 is 0 Å². The number of halogens is 1. The van der Waals surface area contributed by atoms with Crippen LogP contribution in [0.25, 0.3) is 55.8 Å². The van der Waals surface area contributed by atoms with Crippen molar-refractivity contribution in [3.05, 3.63) is 78.8 Å². The van der Waals surface area contributed by atoms with Gasteiger partial charge in [-0.05, 0) is 42.4 Å². The Morgan fingerprint density at radius 1 is 0.914 bits per heavy atom. The Kier molecular flexibility index (Phi) is 5.23. The number of fused-ring (bicyclic) bond motifs is 2. The maximum absolute atomic E-state index is 15.1. The van der Waals surface area contributed by atoms with E-state index in [2.05, 4.69) is 35.5 Å². The van der Waals surface area contributed by atoms with Crippen molar-refractivity contribution in [1.82, 2.24) is 40.4 Å². The SMILES string of the molecule is CCNCc1cncc(-c2cc3c(-c4nc5c(-c6ccncc6)nccc5[nH]4)n[nH]c3cc2F)c1. The third-order valence-corrected chi connectivity index (χ3v) is 5.91. The van der Waals surface area contributed by atoms with Gasteiger partial charge in [-0.1, -0.05) is 6.92 Å². The van der Waals surface area contributed by atoms with Crippen LogP contribution in [0.4, 0.5) is 4.39 Å². The van der Waals surface area contributed by atoms with Crippen LogP contribution in [-0.2, 0) is 6.54 Å². The van der Waals surface area contributed by atoms with Crippen LogP contribution in [0.5, 0.6) is 0 Å². The van der Waals surface area contributed by atoms with Gasteiger partial charge in [0.2, 0.25) is 0 Å². The van der Waals surface area contributed by atoms with E-state index in [9.17, 15) is 0 Å². The summed E-state index contributed by atoms with van der Waals surface area (Å²) >= 11 is 0. The summed E-state index contributed by atoms with van der Waals surface area (Å²) in [6.07, 6.45) is 8.65. The van der Waals surface area contributed by atoms with Crippen molar-refractivity contribution < 1.29 is 4.39 Å². The average Bonchev–Trinajstić information content (AvgIpc) is 3.51. The second kappa shape index (κ2) is 8.69. The highest BCUT2D eigenvalue weighted by Gasteiger charge is 2.18. The van der Waals surface area contributed by atoms with E-state index in [-0.39, 0.29) is 5.82 Å². The summed E-state index contributed by atoms with van der Waals surface area (Å²) in [4.78, 5) is 21.1. The number of hydrogen-bond donors (Lipinski definition) is 3. The van der Waals surface area contributed by atoms with Gasteiger partial charge in [0.05, 0.1) is 16.7 Å². The molecule has 0 unspecified atom stereocenters. The van der Waals surface area contributed by atoms with Gasteiger partial charge in [0.15, 0.2) is 5.82 Å². The molecule has 0 amide bonds. The standard InChI is InChI=1S/C26H21FN8/c1-2-28-12-15-9-17(14-30-13-15)18-10-19-22(11-20(18)27)34-35-24(19)26-32-21-5-8-31-23(25(21)33-26)16-3-6-29-7-4-16/h3-11,13-14,28H,2,12H2,1H3,(H,32,33)(H,34,35). The number of aromatic nitrogens is 7. The molecule has 0 saturated heterocycles. The van der Waals surface area contributed by atoms with Gasteiger partial charge >= 0.3 is 0 Å². The highest BCUT2D eigenvalue weighted by Crippen LogP contribution is 2.33. The lowest BCUT2D eigenvalue weighted by Crippen LogP contribution is -2.11. The van der Waals surface area contributed by atoms with E-state index in [1.54, 1.807) is 37.1 Å². The molecule has 35 heavy (non-hydrogen) atoms. The molecule has 6 aromatic rings. The van der Waals surface area contributed by atoms with Crippen LogP contribution in [-0.4, -0.2) is 41.7 Å². The van der Waals surface area contributed by atoms with Crippen LogP contribution < -0.4 is 5.32 Å². The number of aromatic amines is 2. The molecule has 0 atom stereocenters. The number of benzene rings is 1. The molecule has 1 aromatic carbocycles. The van der Waals surface area contributed by atoms with Crippen LogP contribution in [0.1, 0.15) is 12.5 Å². The molecule has 8 nitrogen and oxygen atoms in total. The second-order valence-corrected chi connectivity index (χ2v) is 8.19. The van der Waals surface area contributed by atoms with Gasteiger partial charge in [-0.3, -0.25) is 20.1 Å². The van der Waals surface area contributed by atoms with Gasteiger partial charge in [-0.25, -0.2) is 9.37 Å². The first kappa shape index (κ1) is 21.1. The predicted molar refractivity (Wildman–Crippen MR) is 133 cm³/mol. The number of imidazole rings is 1. The average molecular weight is 465 g/mol. The van der Waals surface area contributed by atoms with E-state index in [4.69, 9.17) is 4.98 Å². The Morgan fingerprint density at radius 2 is 1.80 bits per heavy atom. The van der Waals surface area contributed by atoms with E-state index < -0.39 is 0 Å². The highest BCUT2D eigenvalue weighted by molar-refractivity contribution is 5.97. The van der Waals surface area contributed by atoms with Gasteiger partial charge in [0.25, 0.3) is 0 Å². The number of H-pyrrole nitrogens is 2. The topological polar surface area (TPSA) is 108 Å². The summed E-state index contributed by atoms with van der Waals surface area (Å²) in [5, 5.41) is 11.4.